The summed E-state index contributed by atoms with van der Waals surface area (Å²) in [6, 6.07) is 7.90. The highest BCUT2D eigenvalue weighted by Gasteiger charge is 2.23. The van der Waals surface area contributed by atoms with Gasteiger partial charge in [-0.2, -0.15) is 0 Å². The second-order valence-electron chi connectivity index (χ2n) is 3.93. The monoisotopic (exact) mass is 189 g/mol. The molecule has 0 saturated carbocycles. The first-order valence-corrected chi connectivity index (χ1v) is 4.58. The van der Waals surface area contributed by atoms with Gasteiger partial charge >= 0.3 is 0 Å². The number of nitrogens with zero attached hydrogens (tertiary/aromatic N) is 1. The Hall–Kier alpha value is -1.49. The number of benzene rings is 1. The van der Waals surface area contributed by atoms with Crippen LogP contribution in [0.15, 0.2) is 24.3 Å². The zero-order valence-electron chi connectivity index (χ0n) is 8.87. The molecule has 0 atom stereocenters. The molecule has 2 heteroatoms. The van der Waals surface area contributed by atoms with Crippen LogP contribution >= 0.6 is 0 Å². The van der Waals surface area contributed by atoms with Gasteiger partial charge in [0, 0.05) is 0 Å². The van der Waals surface area contributed by atoms with Crippen molar-refractivity contribution in [1.82, 2.24) is 0 Å². The van der Waals surface area contributed by atoms with E-state index in [-0.39, 0.29) is 5.41 Å². The van der Waals surface area contributed by atoms with E-state index < -0.39 is 0 Å². The molecule has 0 fully saturated rings. The number of rotatable bonds is 3. The first-order chi connectivity index (χ1) is 6.60. The van der Waals surface area contributed by atoms with Crippen molar-refractivity contribution in [3.8, 4) is 5.75 Å². The van der Waals surface area contributed by atoms with E-state index >= 15 is 0 Å². The molecule has 0 unspecified atom stereocenters. The summed E-state index contributed by atoms with van der Waals surface area (Å²) in [5.41, 5.74) is 1.10. The number of hydrogen-bond donors (Lipinski definition) is 0. The van der Waals surface area contributed by atoms with Crippen LogP contribution in [0.5, 0.6) is 5.75 Å². The second-order valence-corrected chi connectivity index (χ2v) is 3.93. The van der Waals surface area contributed by atoms with Gasteiger partial charge in [-0.25, -0.2) is 6.57 Å². The summed E-state index contributed by atoms with van der Waals surface area (Å²) in [6.07, 6.45) is 0. The lowest BCUT2D eigenvalue weighted by molar-refractivity contribution is 0.414. The van der Waals surface area contributed by atoms with Gasteiger partial charge in [0.1, 0.15) is 5.75 Å². The van der Waals surface area contributed by atoms with Gasteiger partial charge in [-0.15, -0.1) is 0 Å². The molecule has 74 valence electrons. The summed E-state index contributed by atoms with van der Waals surface area (Å²) in [7, 11) is 1.65. The normalized spacial score (nSPS) is 10.7. The van der Waals surface area contributed by atoms with E-state index in [4.69, 9.17) is 11.3 Å². The molecule has 0 aliphatic carbocycles. The molecule has 0 heterocycles. The van der Waals surface area contributed by atoms with Gasteiger partial charge in [0.05, 0.1) is 12.5 Å². The van der Waals surface area contributed by atoms with E-state index in [1.165, 1.54) is 5.56 Å². The van der Waals surface area contributed by atoms with Crippen molar-refractivity contribution in [2.75, 3.05) is 13.7 Å². The molecule has 1 rings (SSSR count). The van der Waals surface area contributed by atoms with Crippen molar-refractivity contribution < 1.29 is 4.74 Å². The molecule has 0 N–H and O–H groups in total. The predicted octanol–water partition coefficient (Wildman–Crippen LogP) is 2.89. The highest BCUT2D eigenvalue weighted by molar-refractivity contribution is 5.32. The topological polar surface area (TPSA) is 13.6 Å². The Bertz CT molecular complexity index is 332. The summed E-state index contributed by atoms with van der Waals surface area (Å²) >= 11 is 0. The lowest BCUT2D eigenvalue weighted by Crippen LogP contribution is -2.19. The summed E-state index contributed by atoms with van der Waals surface area (Å²) in [4.78, 5) is 3.45. The van der Waals surface area contributed by atoms with Gasteiger partial charge in [-0.05, 0) is 31.5 Å². The highest BCUT2D eigenvalue weighted by atomic mass is 16.5. The third-order valence-electron chi connectivity index (χ3n) is 2.35. The van der Waals surface area contributed by atoms with Gasteiger partial charge in [-0.3, -0.25) is 0 Å². The molecular weight excluding hydrogens is 174 g/mol. The Balaban J connectivity index is 2.92. The Morgan fingerprint density at radius 2 is 1.86 bits per heavy atom. The van der Waals surface area contributed by atoms with Crippen LogP contribution in [0.4, 0.5) is 0 Å². The molecular formula is C12H15NO. The average molecular weight is 189 g/mol. The van der Waals surface area contributed by atoms with E-state index in [1.807, 2.05) is 24.3 Å². The van der Waals surface area contributed by atoms with Gasteiger partial charge in [-0.1, -0.05) is 12.1 Å². The summed E-state index contributed by atoms with van der Waals surface area (Å²) < 4.78 is 5.08. The maximum Gasteiger partial charge on any atom is 0.223 e. The van der Waals surface area contributed by atoms with E-state index in [0.717, 1.165) is 5.75 Å². The Kier molecular flexibility index (Phi) is 3.14. The highest BCUT2D eigenvalue weighted by Crippen LogP contribution is 2.25. The minimum absolute atomic E-state index is 0.0754. The molecule has 1 aromatic rings. The minimum atomic E-state index is -0.0754. The third-order valence-corrected chi connectivity index (χ3v) is 2.35. The van der Waals surface area contributed by atoms with Gasteiger partial charge < -0.3 is 9.58 Å². The fourth-order valence-electron chi connectivity index (χ4n) is 1.33. The molecule has 0 amide bonds. The molecule has 1 aromatic carbocycles. The van der Waals surface area contributed by atoms with Crippen molar-refractivity contribution in [3.05, 3.63) is 41.2 Å². The zero-order valence-corrected chi connectivity index (χ0v) is 8.87. The fourth-order valence-corrected chi connectivity index (χ4v) is 1.33. The van der Waals surface area contributed by atoms with Crippen LogP contribution in [0.2, 0.25) is 0 Å². The lowest BCUT2D eigenvalue weighted by Gasteiger charge is -2.18. The van der Waals surface area contributed by atoms with E-state index in [1.54, 1.807) is 7.11 Å². The molecule has 0 bridgehead atoms. The van der Waals surface area contributed by atoms with Crippen molar-refractivity contribution in [2.45, 2.75) is 19.3 Å². The van der Waals surface area contributed by atoms with Crippen molar-refractivity contribution >= 4 is 0 Å². The number of hydrogen-bond acceptors (Lipinski definition) is 1. The molecule has 0 saturated heterocycles. The standard InChI is InChI=1S/C12H15NO/c1-12(2,9-13-3)10-5-7-11(14-4)8-6-10/h5-8H,9H2,1-2,4H3. The lowest BCUT2D eigenvalue weighted by atomic mass is 9.85. The quantitative estimate of drug-likeness (QED) is 0.666. The number of methoxy groups -OCH3 is 1. The average Bonchev–Trinajstić information content (AvgIpc) is 2.18. The maximum atomic E-state index is 6.89. The van der Waals surface area contributed by atoms with Crippen LogP contribution < -0.4 is 4.74 Å². The summed E-state index contributed by atoms with van der Waals surface area (Å²) in [6.45, 7) is 11.6. The van der Waals surface area contributed by atoms with Crippen LogP contribution in [-0.4, -0.2) is 13.7 Å². The zero-order chi connectivity index (χ0) is 10.6. The van der Waals surface area contributed by atoms with E-state index in [0.29, 0.717) is 6.54 Å². The van der Waals surface area contributed by atoms with Crippen LogP contribution in [0, 0.1) is 6.57 Å². The van der Waals surface area contributed by atoms with Crippen LogP contribution in [0.1, 0.15) is 19.4 Å². The van der Waals surface area contributed by atoms with Crippen LogP contribution in [-0.2, 0) is 5.41 Å². The Morgan fingerprint density at radius 1 is 1.29 bits per heavy atom. The predicted molar refractivity (Wildman–Crippen MR) is 57.5 cm³/mol. The third kappa shape index (κ3) is 2.26. The fraction of sp³-hybridized carbons (Fsp3) is 0.417. The van der Waals surface area contributed by atoms with Gasteiger partial charge in [0.15, 0.2) is 0 Å². The smallest absolute Gasteiger partial charge is 0.223 e. The SMILES string of the molecule is [C-]#[N+]CC(C)(C)c1ccc(OC)cc1. The maximum absolute atomic E-state index is 6.89. The van der Waals surface area contributed by atoms with Crippen molar-refractivity contribution in [3.63, 3.8) is 0 Å². The van der Waals surface area contributed by atoms with Crippen LogP contribution in [0.25, 0.3) is 4.85 Å². The van der Waals surface area contributed by atoms with Gasteiger partial charge in [0.2, 0.25) is 6.54 Å². The molecule has 0 aromatic heterocycles. The first kappa shape index (κ1) is 10.6. The summed E-state index contributed by atoms with van der Waals surface area (Å²) in [5, 5.41) is 0. The van der Waals surface area contributed by atoms with E-state index in [2.05, 4.69) is 18.7 Å². The van der Waals surface area contributed by atoms with Crippen molar-refractivity contribution in [2.24, 2.45) is 0 Å². The van der Waals surface area contributed by atoms with E-state index in [9.17, 15) is 0 Å². The summed E-state index contributed by atoms with van der Waals surface area (Å²) in [5.74, 6) is 0.854. The molecule has 0 aliphatic heterocycles. The molecule has 0 spiro atoms. The largest absolute Gasteiger partial charge is 0.497 e. The minimum Gasteiger partial charge on any atom is -0.497 e. The van der Waals surface area contributed by atoms with Gasteiger partial charge in [0.25, 0.3) is 0 Å². The molecule has 14 heavy (non-hydrogen) atoms. The molecule has 2 nitrogen and oxygen atoms in total. The first-order valence-electron chi connectivity index (χ1n) is 4.58. The molecule has 0 radical (unpaired) electrons. The number of ether oxygens (including phenoxy) is 1. The van der Waals surface area contributed by atoms with Crippen LogP contribution in [0.3, 0.4) is 0 Å². The Morgan fingerprint density at radius 3 is 2.29 bits per heavy atom. The molecule has 0 aliphatic rings. The van der Waals surface area contributed by atoms with Crippen molar-refractivity contribution in [1.29, 1.82) is 0 Å². The Labute approximate surface area is 85.3 Å². The second kappa shape index (κ2) is 4.15.